The summed E-state index contributed by atoms with van der Waals surface area (Å²) in [4.78, 5) is 11.5. The van der Waals surface area contributed by atoms with E-state index in [1.165, 1.54) is 18.4 Å². The standard InChI is InChI=1S/C7H6Br2O3S/c1-12-7(11)5(10)4-2-3(8)6(9)13-4/h2,5,10H,1H3. The second-order valence-electron chi connectivity index (χ2n) is 2.20. The van der Waals surface area contributed by atoms with E-state index in [4.69, 9.17) is 0 Å². The number of halogens is 2. The lowest BCUT2D eigenvalue weighted by atomic mass is 10.3. The van der Waals surface area contributed by atoms with Crippen molar-refractivity contribution in [1.29, 1.82) is 0 Å². The van der Waals surface area contributed by atoms with Crippen molar-refractivity contribution in [3.63, 3.8) is 0 Å². The second kappa shape index (κ2) is 4.54. The summed E-state index contributed by atoms with van der Waals surface area (Å²) in [5.41, 5.74) is 0. The van der Waals surface area contributed by atoms with E-state index < -0.39 is 12.1 Å². The van der Waals surface area contributed by atoms with Crippen molar-refractivity contribution in [2.45, 2.75) is 6.10 Å². The van der Waals surface area contributed by atoms with Gasteiger partial charge in [-0.3, -0.25) is 0 Å². The molecule has 0 bridgehead atoms. The number of thiophene rings is 1. The van der Waals surface area contributed by atoms with Gasteiger partial charge in [-0.15, -0.1) is 11.3 Å². The highest BCUT2D eigenvalue weighted by Crippen LogP contribution is 2.35. The maximum absolute atomic E-state index is 10.9. The number of rotatable bonds is 2. The topological polar surface area (TPSA) is 46.5 Å². The fourth-order valence-electron chi connectivity index (χ4n) is 0.726. The largest absolute Gasteiger partial charge is 0.467 e. The maximum Gasteiger partial charge on any atom is 0.340 e. The zero-order valence-electron chi connectivity index (χ0n) is 6.58. The Bertz CT molecular complexity index is 304. The van der Waals surface area contributed by atoms with Crippen LogP contribution in [0.3, 0.4) is 0 Å². The number of methoxy groups -OCH3 is 1. The van der Waals surface area contributed by atoms with E-state index in [-0.39, 0.29) is 0 Å². The third kappa shape index (κ3) is 2.52. The van der Waals surface area contributed by atoms with Gasteiger partial charge < -0.3 is 9.84 Å². The fraction of sp³-hybridized carbons (Fsp3) is 0.286. The summed E-state index contributed by atoms with van der Waals surface area (Å²) in [5, 5.41) is 9.42. The molecule has 1 unspecified atom stereocenters. The quantitative estimate of drug-likeness (QED) is 0.848. The molecular weight excluding hydrogens is 324 g/mol. The highest BCUT2D eigenvalue weighted by molar-refractivity contribution is 9.13. The third-order valence-electron chi connectivity index (χ3n) is 1.36. The minimum atomic E-state index is -1.20. The number of ether oxygens (including phenoxy) is 1. The van der Waals surface area contributed by atoms with Gasteiger partial charge in [0.25, 0.3) is 0 Å². The first-order chi connectivity index (χ1) is 6.06. The third-order valence-corrected chi connectivity index (χ3v) is 4.67. The number of carbonyl (C=O) groups is 1. The fourth-order valence-corrected chi connectivity index (χ4v) is 2.79. The van der Waals surface area contributed by atoms with Gasteiger partial charge in [-0.1, -0.05) is 0 Å². The molecule has 0 aromatic carbocycles. The average Bonchev–Trinajstić information content (AvgIpc) is 2.44. The molecular formula is C7H6Br2O3S. The van der Waals surface area contributed by atoms with Crippen LogP contribution in [0.15, 0.2) is 14.3 Å². The molecule has 0 spiro atoms. The predicted octanol–water partition coefficient (Wildman–Crippen LogP) is 2.48. The van der Waals surface area contributed by atoms with Crippen molar-refractivity contribution in [3.05, 3.63) is 19.2 Å². The lowest BCUT2D eigenvalue weighted by Crippen LogP contribution is -2.11. The molecule has 0 saturated carbocycles. The Hall–Kier alpha value is 0.0900. The highest BCUT2D eigenvalue weighted by Gasteiger charge is 2.20. The van der Waals surface area contributed by atoms with Crippen molar-refractivity contribution < 1.29 is 14.6 Å². The molecule has 13 heavy (non-hydrogen) atoms. The van der Waals surface area contributed by atoms with Crippen molar-refractivity contribution in [1.82, 2.24) is 0 Å². The van der Waals surface area contributed by atoms with Crippen LogP contribution < -0.4 is 0 Å². The molecule has 0 aliphatic carbocycles. The van der Waals surface area contributed by atoms with Crippen LogP contribution in [0.25, 0.3) is 0 Å². The first-order valence-electron chi connectivity index (χ1n) is 3.27. The molecule has 1 atom stereocenters. The van der Waals surface area contributed by atoms with Crippen LogP contribution in [0, 0.1) is 0 Å². The van der Waals surface area contributed by atoms with Crippen LogP contribution in [-0.4, -0.2) is 18.2 Å². The minimum absolute atomic E-state index is 0.547. The Labute approximate surface area is 96.0 Å². The molecule has 1 heterocycles. The monoisotopic (exact) mass is 328 g/mol. The van der Waals surface area contributed by atoms with Crippen LogP contribution in [0.4, 0.5) is 0 Å². The van der Waals surface area contributed by atoms with Gasteiger partial charge in [0.1, 0.15) is 0 Å². The first-order valence-corrected chi connectivity index (χ1v) is 5.67. The summed E-state index contributed by atoms with van der Waals surface area (Å²) in [6.07, 6.45) is -1.20. The molecule has 1 rings (SSSR count). The number of hydrogen-bond donors (Lipinski definition) is 1. The van der Waals surface area contributed by atoms with Gasteiger partial charge in [-0.05, 0) is 37.9 Å². The van der Waals surface area contributed by atoms with E-state index in [2.05, 4.69) is 36.6 Å². The summed E-state index contributed by atoms with van der Waals surface area (Å²) in [5.74, 6) is -0.652. The molecule has 0 aliphatic rings. The Morgan fingerprint density at radius 3 is 2.69 bits per heavy atom. The molecule has 3 nitrogen and oxygen atoms in total. The Kier molecular flexibility index (Phi) is 3.90. The molecule has 1 aromatic rings. The zero-order chi connectivity index (χ0) is 10.0. The summed E-state index contributed by atoms with van der Waals surface area (Å²) in [6, 6.07) is 1.68. The van der Waals surface area contributed by atoms with Crippen molar-refractivity contribution >= 4 is 49.2 Å². The Balaban J connectivity index is 2.89. The van der Waals surface area contributed by atoms with E-state index in [0.29, 0.717) is 4.88 Å². The van der Waals surface area contributed by atoms with Crippen LogP contribution in [-0.2, 0) is 9.53 Å². The van der Waals surface area contributed by atoms with Gasteiger partial charge in [0.2, 0.25) is 0 Å². The molecule has 72 valence electrons. The molecule has 1 aromatic heterocycles. The molecule has 0 aliphatic heterocycles. The van der Waals surface area contributed by atoms with E-state index in [0.717, 1.165) is 8.26 Å². The molecule has 1 N–H and O–H groups in total. The van der Waals surface area contributed by atoms with Crippen molar-refractivity contribution in [2.75, 3.05) is 7.11 Å². The zero-order valence-corrected chi connectivity index (χ0v) is 10.6. The maximum atomic E-state index is 10.9. The Morgan fingerprint density at radius 2 is 2.31 bits per heavy atom. The molecule has 0 fully saturated rings. The number of carbonyl (C=O) groups excluding carboxylic acids is 1. The molecule has 0 radical (unpaired) electrons. The number of hydrogen-bond acceptors (Lipinski definition) is 4. The SMILES string of the molecule is COC(=O)C(O)c1cc(Br)c(Br)s1. The molecule has 0 saturated heterocycles. The Morgan fingerprint density at radius 1 is 1.69 bits per heavy atom. The van der Waals surface area contributed by atoms with Crippen LogP contribution >= 0.6 is 43.2 Å². The van der Waals surface area contributed by atoms with Crippen LogP contribution in [0.2, 0.25) is 0 Å². The van der Waals surface area contributed by atoms with Gasteiger partial charge in [-0.25, -0.2) is 4.79 Å². The van der Waals surface area contributed by atoms with Gasteiger partial charge in [0.15, 0.2) is 6.10 Å². The van der Waals surface area contributed by atoms with Crippen molar-refractivity contribution in [2.24, 2.45) is 0 Å². The number of esters is 1. The number of aliphatic hydroxyl groups is 1. The highest BCUT2D eigenvalue weighted by atomic mass is 79.9. The smallest absolute Gasteiger partial charge is 0.340 e. The van der Waals surface area contributed by atoms with Crippen LogP contribution in [0.1, 0.15) is 11.0 Å². The van der Waals surface area contributed by atoms with Gasteiger partial charge in [-0.2, -0.15) is 0 Å². The summed E-state index contributed by atoms with van der Waals surface area (Å²) < 4.78 is 6.06. The first kappa shape index (κ1) is 11.2. The lowest BCUT2D eigenvalue weighted by molar-refractivity contribution is -0.150. The summed E-state index contributed by atoms with van der Waals surface area (Å²) >= 11 is 7.80. The molecule has 6 heteroatoms. The van der Waals surface area contributed by atoms with Gasteiger partial charge in [0.05, 0.1) is 10.9 Å². The van der Waals surface area contributed by atoms with Crippen LogP contribution in [0.5, 0.6) is 0 Å². The van der Waals surface area contributed by atoms with E-state index in [1.807, 2.05) is 0 Å². The summed E-state index contributed by atoms with van der Waals surface area (Å²) in [6.45, 7) is 0. The van der Waals surface area contributed by atoms with E-state index >= 15 is 0 Å². The number of aliphatic hydroxyl groups excluding tert-OH is 1. The average molecular weight is 330 g/mol. The summed E-state index contributed by atoms with van der Waals surface area (Å²) in [7, 11) is 1.24. The predicted molar refractivity (Wildman–Crippen MR) is 56.7 cm³/mol. The molecule has 0 amide bonds. The van der Waals surface area contributed by atoms with Gasteiger partial charge >= 0.3 is 5.97 Å². The lowest BCUT2D eigenvalue weighted by Gasteiger charge is -2.04. The van der Waals surface area contributed by atoms with Crippen molar-refractivity contribution in [3.8, 4) is 0 Å². The van der Waals surface area contributed by atoms with E-state index in [9.17, 15) is 9.90 Å². The minimum Gasteiger partial charge on any atom is -0.467 e. The normalized spacial score (nSPS) is 12.6. The second-order valence-corrected chi connectivity index (χ2v) is 5.45. The van der Waals surface area contributed by atoms with Gasteiger partial charge in [0, 0.05) is 9.35 Å². The van der Waals surface area contributed by atoms with E-state index in [1.54, 1.807) is 6.07 Å².